The lowest BCUT2D eigenvalue weighted by atomic mass is 9.96. The molecule has 1 amide bonds. The fourth-order valence-corrected chi connectivity index (χ4v) is 5.17. The van der Waals surface area contributed by atoms with Crippen molar-refractivity contribution in [2.45, 2.75) is 24.2 Å². The van der Waals surface area contributed by atoms with E-state index in [0.29, 0.717) is 50.1 Å². The minimum atomic E-state index is -3.45. The summed E-state index contributed by atoms with van der Waals surface area (Å²) in [6.07, 6.45) is 0.965. The first-order valence-corrected chi connectivity index (χ1v) is 11.6. The Morgan fingerprint density at radius 2 is 1.62 bits per heavy atom. The van der Waals surface area contributed by atoms with Crippen molar-refractivity contribution in [1.82, 2.24) is 9.62 Å². The van der Waals surface area contributed by atoms with E-state index >= 15 is 0 Å². The standard InChI is InChI=1S/C22H29N3O3S/c1-2-19(20-9-5-3-6-10-20)17-23-22(26)18-24-13-15-25(16-14-24)29(27,28)21-11-7-4-8-12-21/h3-12,19H,2,13-18H2,1H3,(H,23,26)/p+1/t19-/m0/s1. The van der Waals surface area contributed by atoms with Gasteiger partial charge in [0.1, 0.15) is 0 Å². The molecule has 1 aliphatic heterocycles. The predicted octanol–water partition coefficient (Wildman–Crippen LogP) is 0.886. The van der Waals surface area contributed by atoms with Gasteiger partial charge in [-0.05, 0) is 24.1 Å². The summed E-state index contributed by atoms with van der Waals surface area (Å²) in [7, 11) is -3.45. The number of amides is 1. The second-order valence-electron chi connectivity index (χ2n) is 7.46. The van der Waals surface area contributed by atoms with Crippen LogP contribution in [0.3, 0.4) is 0 Å². The number of quaternary nitrogens is 1. The fourth-order valence-electron chi connectivity index (χ4n) is 3.71. The first-order valence-electron chi connectivity index (χ1n) is 10.2. The lowest BCUT2D eigenvalue weighted by Gasteiger charge is -2.31. The second kappa shape index (κ2) is 10.0. The molecular weight excluding hydrogens is 386 g/mol. The number of benzene rings is 2. The lowest BCUT2D eigenvalue weighted by molar-refractivity contribution is -0.895. The first kappa shape index (κ1) is 21.5. The highest BCUT2D eigenvalue weighted by Crippen LogP contribution is 2.18. The van der Waals surface area contributed by atoms with Gasteiger partial charge in [0.25, 0.3) is 5.91 Å². The molecule has 0 spiro atoms. The van der Waals surface area contributed by atoms with Crippen molar-refractivity contribution in [3.8, 4) is 0 Å². The highest BCUT2D eigenvalue weighted by atomic mass is 32.2. The number of carbonyl (C=O) groups is 1. The van der Waals surface area contributed by atoms with E-state index in [1.54, 1.807) is 30.3 Å². The molecule has 1 fully saturated rings. The molecule has 6 nitrogen and oxygen atoms in total. The molecule has 0 saturated carbocycles. The van der Waals surface area contributed by atoms with Gasteiger partial charge in [-0.2, -0.15) is 4.31 Å². The van der Waals surface area contributed by atoms with E-state index in [1.807, 2.05) is 18.2 Å². The Kier molecular flexibility index (Phi) is 7.41. The quantitative estimate of drug-likeness (QED) is 0.671. The number of nitrogens with zero attached hydrogens (tertiary/aromatic N) is 1. The summed E-state index contributed by atoms with van der Waals surface area (Å²) in [6, 6.07) is 18.7. The maximum atomic E-state index is 12.7. The van der Waals surface area contributed by atoms with Crippen LogP contribution >= 0.6 is 0 Å². The van der Waals surface area contributed by atoms with Crippen molar-refractivity contribution in [2.75, 3.05) is 39.3 Å². The Morgan fingerprint density at radius 1 is 1.03 bits per heavy atom. The third-order valence-electron chi connectivity index (χ3n) is 5.53. The number of piperazine rings is 1. The molecule has 0 aromatic heterocycles. The topological polar surface area (TPSA) is 70.9 Å². The number of nitrogens with one attached hydrogen (secondary N) is 2. The number of hydrogen-bond donors (Lipinski definition) is 2. The summed E-state index contributed by atoms with van der Waals surface area (Å²) in [5.41, 5.74) is 1.24. The zero-order chi connectivity index (χ0) is 20.7. The molecule has 1 atom stereocenters. The van der Waals surface area contributed by atoms with Crippen molar-refractivity contribution < 1.29 is 18.1 Å². The minimum Gasteiger partial charge on any atom is -0.351 e. The SMILES string of the molecule is CC[C@@H](CNC(=O)C[NH+]1CCN(S(=O)(=O)c2ccccc2)CC1)c1ccccc1. The summed E-state index contributed by atoms with van der Waals surface area (Å²) < 4.78 is 26.9. The van der Waals surface area contributed by atoms with Crippen LogP contribution in [0.15, 0.2) is 65.6 Å². The minimum absolute atomic E-state index is 0.0220. The molecule has 1 saturated heterocycles. The molecule has 3 rings (SSSR count). The van der Waals surface area contributed by atoms with E-state index in [2.05, 4.69) is 24.4 Å². The largest absolute Gasteiger partial charge is 0.351 e. The number of hydrogen-bond acceptors (Lipinski definition) is 3. The van der Waals surface area contributed by atoms with Gasteiger partial charge >= 0.3 is 0 Å². The van der Waals surface area contributed by atoms with Crippen LogP contribution in [0.4, 0.5) is 0 Å². The van der Waals surface area contributed by atoms with Gasteiger partial charge in [-0.15, -0.1) is 0 Å². The van der Waals surface area contributed by atoms with Crippen molar-refractivity contribution in [3.05, 3.63) is 66.2 Å². The molecule has 7 heteroatoms. The lowest BCUT2D eigenvalue weighted by Crippen LogP contribution is -3.15. The number of carbonyl (C=O) groups excluding carboxylic acids is 1. The van der Waals surface area contributed by atoms with Crippen molar-refractivity contribution in [1.29, 1.82) is 0 Å². The monoisotopic (exact) mass is 416 g/mol. The molecule has 0 radical (unpaired) electrons. The molecule has 0 unspecified atom stereocenters. The van der Waals surface area contributed by atoms with Crippen molar-refractivity contribution in [3.63, 3.8) is 0 Å². The highest BCUT2D eigenvalue weighted by Gasteiger charge is 2.31. The summed E-state index contributed by atoms with van der Waals surface area (Å²) in [5.74, 6) is 0.330. The van der Waals surface area contributed by atoms with E-state index in [9.17, 15) is 13.2 Å². The van der Waals surface area contributed by atoms with E-state index < -0.39 is 10.0 Å². The van der Waals surface area contributed by atoms with Crippen LogP contribution in [-0.4, -0.2) is 57.9 Å². The van der Waals surface area contributed by atoms with Crippen LogP contribution in [0.25, 0.3) is 0 Å². The van der Waals surface area contributed by atoms with Gasteiger partial charge < -0.3 is 10.2 Å². The molecular formula is C22H30N3O3S+. The van der Waals surface area contributed by atoms with Gasteiger partial charge in [0.2, 0.25) is 10.0 Å². The molecule has 1 heterocycles. The van der Waals surface area contributed by atoms with Gasteiger partial charge in [-0.1, -0.05) is 55.5 Å². The molecule has 2 aromatic rings. The van der Waals surface area contributed by atoms with Crippen molar-refractivity contribution in [2.24, 2.45) is 0 Å². The maximum Gasteiger partial charge on any atom is 0.275 e. The molecule has 2 aromatic carbocycles. The van der Waals surface area contributed by atoms with Crippen molar-refractivity contribution >= 4 is 15.9 Å². The average molecular weight is 417 g/mol. The summed E-state index contributed by atoms with van der Waals surface area (Å²) in [4.78, 5) is 13.8. The number of rotatable bonds is 8. The smallest absolute Gasteiger partial charge is 0.275 e. The van der Waals surface area contributed by atoms with Gasteiger partial charge in [0, 0.05) is 12.5 Å². The summed E-state index contributed by atoms with van der Waals surface area (Å²) >= 11 is 0. The highest BCUT2D eigenvalue weighted by molar-refractivity contribution is 7.89. The Hall–Kier alpha value is -2.22. The third kappa shape index (κ3) is 5.65. The van der Waals surface area contributed by atoms with Gasteiger partial charge in [-0.25, -0.2) is 8.42 Å². The van der Waals surface area contributed by atoms with Gasteiger partial charge in [0.15, 0.2) is 6.54 Å². The Labute approximate surface area is 173 Å². The zero-order valence-electron chi connectivity index (χ0n) is 16.9. The van der Waals surface area contributed by atoms with Crippen LogP contribution in [0.5, 0.6) is 0 Å². The fraction of sp³-hybridized carbons (Fsp3) is 0.409. The van der Waals surface area contributed by atoms with Gasteiger partial charge in [0.05, 0.1) is 31.1 Å². The summed E-state index contributed by atoms with van der Waals surface area (Å²) in [6.45, 7) is 5.26. The summed E-state index contributed by atoms with van der Waals surface area (Å²) in [5, 5.41) is 3.06. The molecule has 2 N–H and O–H groups in total. The van der Waals surface area contributed by atoms with Crippen LogP contribution in [0, 0.1) is 0 Å². The maximum absolute atomic E-state index is 12.7. The van der Waals surface area contributed by atoms with Crippen LogP contribution in [-0.2, 0) is 14.8 Å². The van der Waals surface area contributed by atoms with Crippen LogP contribution in [0.2, 0.25) is 0 Å². The third-order valence-corrected chi connectivity index (χ3v) is 7.44. The molecule has 0 bridgehead atoms. The average Bonchev–Trinajstić information content (AvgIpc) is 2.76. The van der Waals surface area contributed by atoms with Crippen LogP contribution in [0.1, 0.15) is 24.8 Å². The Bertz CT molecular complexity index is 880. The van der Waals surface area contributed by atoms with E-state index in [-0.39, 0.29) is 5.91 Å². The van der Waals surface area contributed by atoms with E-state index in [4.69, 9.17) is 0 Å². The molecule has 1 aliphatic rings. The second-order valence-corrected chi connectivity index (χ2v) is 9.40. The van der Waals surface area contributed by atoms with Gasteiger partial charge in [-0.3, -0.25) is 4.79 Å². The van der Waals surface area contributed by atoms with Crippen LogP contribution < -0.4 is 10.2 Å². The Morgan fingerprint density at radius 3 is 2.21 bits per heavy atom. The Balaban J connectivity index is 1.46. The predicted molar refractivity (Wildman–Crippen MR) is 113 cm³/mol. The number of sulfonamides is 1. The van der Waals surface area contributed by atoms with E-state index in [1.165, 1.54) is 9.87 Å². The molecule has 29 heavy (non-hydrogen) atoms. The van der Waals surface area contributed by atoms with E-state index in [0.717, 1.165) is 11.3 Å². The first-order chi connectivity index (χ1) is 14.0. The normalized spacial score (nSPS) is 17.0. The molecule has 0 aliphatic carbocycles. The zero-order valence-corrected chi connectivity index (χ0v) is 17.7. The molecule has 156 valence electrons.